The number of aryl methyl sites for hydroxylation is 1. The predicted molar refractivity (Wildman–Crippen MR) is 76.6 cm³/mol. The van der Waals surface area contributed by atoms with E-state index < -0.39 is 6.04 Å². The molecule has 0 fully saturated rings. The van der Waals surface area contributed by atoms with Gasteiger partial charge in [0.2, 0.25) is 5.91 Å². The second-order valence-electron chi connectivity index (χ2n) is 5.15. The summed E-state index contributed by atoms with van der Waals surface area (Å²) in [6.45, 7) is 8.81. The highest BCUT2D eigenvalue weighted by Gasteiger charge is 2.21. The van der Waals surface area contributed by atoms with E-state index in [1.54, 1.807) is 4.90 Å². The van der Waals surface area contributed by atoms with E-state index in [4.69, 9.17) is 5.73 Å². The molecule has 0 aliphatic rings. The van der Waals surface area contributed by atoms with Crippen LogP contribution in [0.1, 0.15) is 32.8 Å². The molecule has 0 aliphatic carbocycles. The Morgan fingerprint density at radius 3 is 2.28 bits per heavy atom. The molecule has 0 spiro atoms. The number of anilines is 1. The summed E-state index contributed by atoms with van der Waals surface area (Å²) in [5.41, 5.74) is 8.08. The van der Waals surface area contributed by atoms with E-state index in [1.165, 1.54) is 5.56 Å². The van der Waals surface area contributed by atoms with Crippen LogP contribution >= 0.6 is 0 Å². The summed E-state index contributed by atoms with van der Waals surface area (Å²) in [5.74, 6) is 0.440. The van der Waals surface area contributed by atoms with Gasteiger partial charge in [-0.3, -0.25) is 4.79 Å². The molecule has 1 rings (SSSR count). The maximum atomic E-state index is 12.3. The summed E-state index contributed by atoms with van der Waals surface area (Å²) < 4.78 is 0. The standard InChI is InChI=1S/C15H24N2O/c1-5-17(13-8-6-12(4)7-9-13)15(18)14(16)10-11(2)3/h6-9,11,14H,5,10,16H2,1-4H3/t14-/m0/s1. The molecule has 0 bridgehead atoms. The molecule has 0 heterocycles. The van der Waals surface area contributed by atoms with Crippen molar-refractivity contribution >= 4 is 11.6 Å². The minimum absolute atomic E-state index is 0.00931. The fourth-order valence-corrected chi connectivity index (χ4v) is 2.00. The Kier molecular flexibility index (Phi) is 5.35. The Hall–Kier alpha value is -1.35. The van der Waals surface area contributed by atoms with Crippen LogP contribution in [0.4, 0.5) is 5.69 Å². The second kappa shape index (κ2) is 6.55. The first-order valence-electron chi connectivity index (χ1n) is 6.59. The molecule has 0 unspecified atom stereocenters. The Labute approximate surface area is 110 Å². The number of likely N-dealkylation sites (N-methyl/N-ethyl adjacent to an activating group) is 1. The summed E-state index contributed by atoms with van der Waals surface area (Å²) in [5, 5.41) is 0. The van der Waals surface area contributed by atoms with Gasteiger partial charge in [-0.25, -0.2) is 0 Å². The molecule has 0 radical (unpaired) electrons. The van der Waals surface area contributed by atoms with Gasteiger partial charge in [0.25, 0.3) is 0 Å². The lowest BCUT2D eigenvalue weighted by atomic mass is 10.0. The summed E-state index contributed by atoms with van der Waals surface area (Å²) in [7, 11) is 0. The van der Waals surface area contributed by atoms with Crippen LogP contribution in [0.15, 0.2) is 24.3 Å². The topological polar surface area (TPSA) is 46.3 Å². The van der Waals surface area contributed by atoms with Crippen molar-refractivity contribution in [2.24, 2.45) is 11.7 Å². The van der Waals surface area contributed by atoms with Gasteiger partial charge < -0.3 is 10.6 Å². The zero-order valence-corrected chi connectivity index (χ0v) is 11.8. The minimum atomic E-state index is -0.411. The lowest BCUT2D eigenvalue weighted by Crippen LogP contribution is -2.44. The van der Waals surface area contributed by atoms with Crippen molar-refractivity contribution in [3.05, 3.63) is 29.8 Å². The monoisotopic (exact) mass is 248 g/mol. The molecule has 1 atom stereocenters. The molecule has 2 N–H and O–H groups in total. The van der Waals surface area contributed by atoms with Crippen molar-refractivity contribution in [3.63, 3.8) is 0 Å². The average Bonchev–Trinajstić information content (AvgIpc) is 2.31. The first-order valence-corrected chi connectivity index (χ1v) is 6.59. The lowest BCUT2D eigenvalue weighted by molar-refractivity contribution is -0.120. The summed E-state index contributed by atoms with van der Waals surface area (Å²) in [6, 6.07) is 7.56. The third kappa shape index (κ3) is 3.84. The van der Waals surface area contributed by atoms with E-state index in [2.05, 4.69) is 13.8 Å². The fraction of sp³-hybridized carbons (Fsp3) is 0.533. The van der Waals surface area contributed by atoms with Crippen LogP contribution in [0.3, 0.4) is 0 Å². The largest absolute Gasteiger partial charge is 0.320 e. The molecule has 18 heavy (non-hydrogen) atoms. The van der Waals surface area contributed by atoms with E-state index >= 15 is 0 Å². The van der Waals surface area contributed by atoms with Gasteiger partial charge in [-0.1, -0.05) is 31.5 Å². The van der Waals surface area contributed by atoms with E-state index in [1.807, 2.05) is 38.1 Å². The van der Waals surface area contributed by atoms with Gasteiger partial charge in [-0.15, -0.1) is 0 Å². The molecule has 3 heteroatoms. The number of nitrogens with two attached hydrogens (primary N) is 1. The lowest BCUT2D eigenvalue weighted by Gasteiger charge is -2.25. The van der Waals surface area contributed by atoms with Crippen molar-refractivity contribution in [1.29, 1.82) is 0 Å². The van der Waals surface area contributed by atoms with Gasteiger partial charge in [0.1, 0.15) is 0 Å². The quantitative estimate of drug-likeness (QED) is 0.871. The Bertz CT molecular complexity index is 384. The zero-order chi connectivity index (χ0) is 13.7. The van der Waals surface area contributed by atoms with Crippen molar-refractivity contribution in [3.8, 4) is 0 Å². The molecular formula is C15H24N2O. The van der Waals surface area contributed by atoms with Crippen LogP contribution in [0, 0.1) is 12.8 Å². The number of carbonyl (C=O) groups is 1. The van der Waals surface area contributed by atoms with Crippen LogP contribution in [0.2, 0.25) is 0 Å². The minimum Gasteiger partial charge on any atom is -0.320 e. The summed E-state index contributed by atoms with van der Waals surface area (Å²) in [4.78, 5) is 14.1. The van der Waals surface area contributed by atoms with Gasteiger partial charge in [0.05, 0.1) is 6.04 Å². The fourth-order valence-electron chi connectivity index (χ4n) is 2.00. The van der Waals surface area contributed by atoms with Gasteiger partial charge in [0.15, 0.2) is 0 Å². The number of hydrogen-bond acceptors (Lipinski definition) is 2. The molecule has 0 aromatic heterocycles. The third-order valence-corrected chi connectivity index (χ3v) is 2.97. The number of rotatable bonds is 5. The first-order chi connectivity index (χ1) is 8.45. The highest BCUT2D eigenvalue weighted by Crippen LogP contribution is 2.17. The molecule has 3 nitrogen and oxygen atoms in total. The van der Waals surface area contributed by atoms with Gasteiger partial charge in [-0.2, -0.15) is 0 Å². The van der Waals surface area contributed by atoms with Gasteiger partial charge >= 0.3 is 0 Å². The van der Waals surface area contributed by atoms with Crippen molar-refractivity contribution in [2.45, 2.75) is 40.2 Å². The molecule has 1 aromatic rings. The molecular weight excluding hydrogens is 224 g/mol. The molecule has 0 aliphatic heterocycles. The second-order valence-corrected chi connectivity index (χ2v) is 5.15. The summed E-state index contributed by atoms with van der Waals surface area (Å²) in [6.07, 6.45) is 0.723. The smallest absolute Gasteiger partial charge is 0.243 e. The number of nitrogens with zero attached hydrogens (tertiary/aromatic N) is 1. The normalized spacial score (nSPS) is 12.6. The molecule has 0 saturated heterocycles. The molecule has 0 saturated carbocycles. The van der Waals surface area contributed by atoms with Crippen LogP contribution in [0.25, 0.3) is 0 Å². The Balaban J connectivity index is 2.82. The van der Waals surface area contributed by atoms with E-state index in [9.17, 15) is 4.79 Å². The molecule has 1 aromatic carbocycles. The van der Waals surface area contributed by atoms with Crippen LogP contribution < -0.4 is 10.6 Å². The van der Waals surface area contributed by atoms with E-state index in [-0.39, 0.29) is 5.91 Å². The van der Waals surface area contributed by atoms with Crippen LogP contribution in [-0.2, 0) is 4.79 Å². The number of amides is 1. The Morgan fingerprint density at radius 2 is 1.83 bits per heavy atom. The maximum absolute atomic E-state index is 12.3. The van der Waals surface area contributed by atoms with Crippen LogP contribution in [-0.4, -0.2) is 18.5 Å². The number of benzene rings is 1. The van der Waals surface area contributed by atoms with Crippen molar-refractivity contribution in [2.75, 3.05) is 11.4 Å². The van der Waals surface area contributed by atoms with Crippen molar-refractivity contribution in [1.82, 2.24) is 0 Å². The highest BCUT2D eigenvalue weighted by molar-refractivity contribution is 5.97. The highest BCUT2D eigenvalue weighted by atomic mass is 16.2. The third-order valence-electron chi connectivity index (χ3n) is 2.97. The maximum Gasteiger partial charge on any atom is 0.243 e. The zero-order valence-electron chi connectivity index (χ0n) is 11.8. The van der Waals surface area contributed by atoms with E-state index in [0.29, 0.717) is 12.5 Å². The van der Waals surface area contributed by atoms with Gasteiger partial charge in [-0.05, 0) is 38.3 Å². The van der Waals surface area contributed by atoms with Crippen molar-refractivity contribution < 1.29 is 4.79 Å². The molecule has 1 amide bonds. The van der Waals surface area contributed by atoms with Crippen LogP contribution in [0.5, 0.6) is 0 Å². The summed E-state index contributed by atoms with van der Waals surface area (Å²) >= 11 is 0. The molecule has 100 valence electrons. The Morgan fingerprint density at radius 1 is 1.28 bits per heavy atom. The van der Waals surface area contributed by atoms with Gasteiger partial charge in [0, 0.05) is 12.2 Å². The number of hydrogen-bond donors (Lipinski definition) is 1. The first kappa shape index (κ1) is 14.7. The predicted octanol–water partition coefficient (Wildman–Crippen LogP) is 2.72. The number of carbonyl (C=O) groups excluding carboxylic acids is 1. The van der Waals surface area contributed by atoms with E-state index in [0.717, 1.165) is 12.1 Å². The average molecular weight is 248 g/mol. The SMILES string of the molecule is CCN(C(=O)[C@@H](N)CC(C)C)c1ccc(C)cc1.